The highest BCUT2D eigenvalue weighted by atomic mass is 16.5. The first-order valence-electron chi connectivity index (χ1n) is 4.73. The number of rotatable bonds is 5. The first-order chi connectivity index (χ1) is 6.84. The van der Waals surface area contributed by atoms with Crippen LogP contribution in [-0.4, -0.2) is 41.8 Å². The molecule has 0 aromatic rings. The van der Waals surface area contributed by atoms with Crippen molar-refractivity contribution in [2.24, 2.45) is 5.73 Å². The van der Waals surface area contributed by atoms with Gasteiger partial charge in [0.25, 0.3) is 0 Å². The van der Waals surface area contributed by atoms with E-state index < -0.39 is 30.1 Å². The van der Waals surface area contributed by atoms with Gasteiger partial charge in [-0.25, -0.2) is 0 Å². The van der Waals surface area contributed by atoms with Crippen LogP contribution < -0.4 is 11.1 Å². The highest BCUT2D eigenvalue weighted by Crippen LogP contribution is 1.92. The molecule has 0 heterocycles. The smallest absolute Gasteiger partial charge is 0.302 e. The first-order valence-corrected chi connectivity index (χ1v) is 4.73. The van der Waals surface area contributed by atoms with Gasteiger partial charge in [-0.3, -0.25) is 9.59 Å². The summed E-state index contributed by atoms with van der Waals surface area (Å²) in [7, 11) is 0. The van der Waals surface area contributed by atoms with Crippen LogP contribution in [0.15, 0.2) is 0 Å². The summed E-state index contributed by atoms with van der Waals surface area (Å²) in [4.78, 5) is 21.8. The molecule has 0 aromatic heterocycles. The quantitative estimate of drug-likeness (QED) is 0.501. The predicted octanol–water partition coefficient (Wildman–Crippen LogP) is -1.24. The Balaban J connectivity index is 3.85. The maximum Gasteiger partial charge on any atom is 0.302 e. The van der Waals surface area contributed by atoms with Gasteiger partial charge in [-0.05, 0) is 13.8 Å². The van der Waals surface area contributed by atoms with E-state index in [-0.39, 0.29) is 6.54 Å². The summed E-state index contributed by atoms with van der Waals surface area (Å²) < 4.78 is 4.78. The number of nitrogens with two attached hydrogens (primary N) is 1. The average Bonchev–Trinajstić information content (AvgIpc) is 2.11. The second-order valence-electron chi connectivity index (χ2n) is 3.43. The molecule has 0 saturated heterocycles. The summed E-state index contributed by atoms with van der Waals surface area (Å²) in [5, 5.41) is 11.5. The van der Waals surface area contributed by atoms with Gasteiger partial charge in [-0.15, -0.1) is 0 Å². The van der Waals surface area contributed by atoms with E-state index in [9.17, 15) is 9.59 Å². The zero-order valence-electron chi connectivity index (χ0n) is 9.19. The maximum absolute atomic E-state index is 11.2. The molecule has 0 aliphatic carbocycles. The van der Waals surface area contributed by atoms with Crippen LogP contribution in [0.3, 0.4) is 0 Å². The number of carbonyl (C=O) groups is 2. The van der Waals surface area contributed by atoms with Crippen molar-refractivity contribution in [2.75, 3.05) is 6.54 Å². The molecule has 0 spiro atoms. The number of amides is 1. The Kier molecular flexibility index (Phi) is 5.88. The summed E-state index contributed by atoms with van der Waals surface area (Å²) in [6, 6.07) is -0.963. The standard InChI is InChI=1S/C9H18N2O4/c1-5(15-7(3)13)4-11-9(14)8(10)6(2)12/h5-6,8,12H,4,10H2,1-3H3,(H,11,14)/t5-,6-,8+/m1/s1. The third kappa shape index (κ3) is 6.03. The molecule has 6 nitrogen and oxygen atoms in total. The fourth-order valence-corrected chi connectivity index (χ4v) is 0.906. The minimum absolute atomic E-state index is 0.179. The Morgan fingerprint density at radius 1 is 1.47 bits per heavy atom. The molecule has 0 radical (unpaired) electrons. The van der Waals surface area contributed by atoms with Crippen LogP contribution in [0.1, 0.15) is 20.8 Å². The zero-order valence-corrected chi connectivity index (χ0v) is 9.19. The SMILES string of the molecule is CC(=O)O[C@H](C)CNC(=O)[C@@H](N)[C@@H](C)O. The van der Waals surface area contributed by atoms with Crippen LogP contribution in [-0.2, 0) is 14.3 Å². The molecule has 0 aliphatic rings. The van der Waals surface area contributed by atoms with E-state index in [1.165, 1.54) is 13.8 Å². The topological polar surface area (TPSA) is 102 Å². The Morgan fingerprint density at radius 3 is 2.40 bits per heavy atom. The summed E-state index contributed by atoms with van der Waals surface area (Å²) in [6.07, 6.45) is -1.32. The molecular weight excluding hydrogens is 200 g/mol. The molecule has 15 heavy (non-hydrogen) atoms. The summed E-state index contributed by atoms with van der Waals surface area (Å²) in [5.74, 6) is -0.874. The summed E-state index contributed by atoms with van der Waals surface area (Å²) in [5.41, 5.74) is 5.38. The normalized spacial score (nSPS) is 16.3. The van der Waals surface area contributed by atoms with Crippen LogP contribution in [0.4, 0.5) is 0 Å². The van der Waals surface area contributed by atoms with Crippen LogP contribution >= 0.6 is 0 Å². The number of hydrogen-bond acceptors (Lipinski definition) is 5. The monoisotopic (exact) mass is 218 g/mol. The number of nitrogens with one attached hydrogen (secondary N) is 1. The molecule has 0 rings (SSSR count). The van der Waals surface area contributed by atoms with E-state index in [4.69, 9.17) is 15.6 Å². The lowest BCUT2D eigenvalue weighted by molar-refractivity contribution is -0.146. The fourth-order valence-electron chi connectivity index (χ4n) is 0.906. The van der Waals surface area contributed by atoms with Crippen LogP contribution in [0, 0.1) is 0 Å². The van der Waals surface area contributed by atoms with E-state index >= 15 is 0 Å². The van der Waals surface area contributed by atoms with Gasteiger partial charge < -0.3 is 20.9 Å². The lowest BCUT2D eigenvalue weighted by Gasteiger charge is -2.17. The predicted molar refractivity (Wildman–Crippen MR) is 53.9 cm³/mol. The molecule has 88 valence electrons. The van der Waals surface area contributed by atoms with Gasteiger partial charge in [0.1, 0.15) is 12.1 Å². The first kappa shape index (κ1) is 13.9. The number of esters is 1. The largest absolute Gasteiger partial charge is 0.461 e. The highest BCUT2D eigenvalue weighted by molar-refractivity contribution is 5.82. The van der Waals surface area contributed by atoms with E-state index in [1.54, 1.807) is 6.92 Å². The van der Waals surface area contributed by atoms with Gasteiger partial charge in [-0.2, -0.15) is 0 Å². The third-order valence-corrected chi connectivity index (χ3v) is 1.75. The molecule has 0 aromatic carbocycles. The van der Waals surface area contributed by atoms with Gasteiger partial charge in [0.15, 0.2) is 0 Å². The fraction of sp³-hybridized carbons (Fsp3) is 0.778. The van der Waals surface area contributed by atoms with Crippen molar-refractivity contribution < 1.29 is 19.4 Å². The molecule has 0 aliphatic heterocycles. The van der Waals surface area contributed by atoms with Gasteiger partial charge in [0.2, 0.25) is 5.91 Å². The summed E-state index contributed by atoms with van der Waals surface area (Å²) >= 11 is 0. The number of aliphatic hydroxyl groups is 1. The second kappa shape index (κ2) is 6.36. The van der Waals surface area contributed by atoms with Crippen molar-refractivity contribution in [1.82, 2.24) is 5.32 Å². The Hall–Kier alpha value is -1.14. The molecule has 1 amide bonds. The molecule has 0 unspecified atom stereocenters. The van der Waals surface area contributed by atoms with Gasteiger partial charge in [0, 0.05) is 6.92 Å². The molecular formula is C9H18N2O4. The number of carbonyl (C=O) groups excluding carboxylic acids is 2. The van der Waals surface area contributed by atoms with Gasteiger partial charge in [-0.1, -0.05) is 0 Å². The molecule has 4 N–H and O–H groups in total. The molecule has 6 heteroatoms. The van der Waals surface area contributed by atoms with E-state index in [0.717, 1.165) is 0 Å². The molecule has 0 fully saturated rings. The third-order valence-electron chi connectivity index (χ3n) is 1.75. The lowest BCUT2D eigenvalue weighted by Crippen LogP contribution is -2.48. The van der Waals surface area contributed by atoms with E-state index in [2.05, 4.69) is 5.32 Å². The minimum atomic E-state index is -0.963. The van der Waals surface area contributed by atoms with Crippen LogP contribution in [0.25, 0.3) is 0 Å². The summed E-state index contributed by atoms with van der Waals surface area (Å²) in [6.45, 7) is 4.55. The lowest BCUT2D eigenvalue weighted by atomic mass is 10.2. The van der Waals surface area contributed by atoms with Crippen molar-refractivity contribution in [3.05, 3.63) is 0 Å². The number of hydrogen-bond donors (Lipinski definition) is 3. The van der Waals surface area contributed by atoms with Crippen LogP contribution in [0.2, 0.25) is 0 Å². The van der Waals surface area contributed by atoms with Crippen molar-refractivity contribution >= 4 is 11.9 Å². The molecule has 0 saturated carbocycles. The van der Waals surface area contributed by atoms with E-state index in [0.29, 0.717) is 0 Å². The molecule has 0 bridgehead atoms. The number of aliphatic hydroxyl groups excluding tert-OH is 1. The van der Waals surface area contributed by atoms with Crippen molar-refractivity contribution in [3.8, 4) is 0 Å². The zero-order chi connectivity index (χ0) is 12.0. The van der Waals surface area contributed by atoms with E-state index in [1.807, 2.05) is 0 Å². The number of ether oxygens (including phenoxy) is 1. The Labute approximate surface area is 88.8 Å². The molecule has 3 atom stereocenters. The van der Waals surface area contributed by atoms with Crippen molar-refractivity contribution in [1.29, 1.82) is 0 Å². The minimum Gasteiger partial charge on any atom is -0.461 e. The van der Waals surface area contributed by atoms with Gasteiger partial charge in [0.05, 0.1) is 12.6 Å². The highest BCUT2D eigenvalue weighted by Gasteiger charge is 2.19. The Bertz CT molecular complexity index is 230. The van der Waals surface area contributed by atoms with Gasteiger partial charge >= 0.3 is 5.97 Å². The Morgan fingerprint density at radius 2 is 2.00 bits per heavy atom. The van der Waals surface area contributed by atoms with Crippen molar-refractivity contribution in [3.63, 3.8) is 0 Å². The van der Waals surface area contributed by atoms with Crippen molar-refractivity contribution in [2.45, 2.75) is 39.0 Å². The maximum atomic E-state index is 11.2. The van der Waals surface area contributed by atoms with Crippen LogP contribution in [0.5, 0.6) is 0 Å². The second-order valence-corrected chi connectivity index (χ2v) is 3.43. The average molecular weight is 218 g/mol.